The zero-order chi connectivity index (χ0) is 21.6. The van der Waals surface area contributed by atoms with E-state index in [0.717, 1.165) is 22.4 Å². The summed E-state index contributed by atoms with van der Waals surface area (Å²) in [5.41, 5.74) is 1.82. The Morgan fingerprint density at radius 2 is 1.87 bits per heavy atom. The molecule has 0 radical (unpaired) electrons. The van der Waals surface area contributed by atoms with E-state index in [1.54, 1.807) is 23.5 Å². The molecule has 0 saturated carbocycles. The normalized spacial score (nSPS) is 18.5. The minimum Gasteiger partial charge on any atom is -0.352 e. The van der Waals surface area contributed by atoms with Gasteiger partial charge in [0, 0.05) is 18.0 Å². The van der Waals surface area contributed by atoms with Crippen molar-refractivity contribution in [2.45, 2.75) is 31.8 Å². The fraction of sp³-hybridized carbons (Fsp3) is 0.280. The molecule has 0 bridgehead atoms. The molecule has 1 saturated heterocycles. The van der Waals surface area contributed by atoms with E-state index in [9.17, 15) is 14.0 Å². The molecule has 3 aromatic rings. The van der Waals surface area contributed by atoms with Crippen LogP contribution in [0.15, 0.2) is 72.1 Å². The molecule has 1 fully saturated rings. The molecule has 2 heterocycles. The van der Waals surface area contributed by atoms with Crippen molar-refractivity contribution in [1.29, 1.82) is 0 Å². The van der Waals surface area contributed by atoms with Crippen molar-refractivity contribution in [2.24, 2.45) is 5.92 Å². The number of hydrogen-bond donors (Lipinski definition) is 1. The summed E-state index contributed by atoms with van der Waals surface area (Å²) in [6.45, 7) is 0.664. The van der Waals surface area contributed by atoms with E-state index >= 15 is 0 Å². The minimum atomic E-state index is -0.319. The second kappa shape index (κ2) is 9.88. The first kappa shape index (κ1) is 21.2. The number of carbonyl (C=O) groups is 2. The maximum atomic E-state index is 13.4. The van der Waals surface area contributed by atoms with Crippen LogP contribution in [0.1, 0.15) is 34.9 Å². The van der Waals surface area contributed by atoms with Crippen LogP contribution in [0.2, 0.25) is 0 Å². The van der Waals surface area contributed by atoms with E-state index in [-0.39, 0.29) is 36.1 Å². The molecule has 6 heteroatoms. The fourth-order valence-corrected chi connectivity index (χ4v) is 4.82. The van der Waals surface area contributed by atoms with Gasteiger partial charge in [0.05, 0.1) is 18.4 Å². The van der Waals surface area contributed by atoms with E-state index in [0.29, 0.717) is 19.4 Å². The van der Waals surface area contributed by atoms with Crippen molar-refractivity contribution in [3.63, 3.8) is 0 Å². The highest BCUT2D eigenvalue weighted by atomic mass is 32.1. The quantitative estimate of drug-likeness (QED) is 0.608. The van der Waals surface area contributed by atoms with Crippen LogP contribution in [0.4, 0.5) is 4.39 Å². The Balaban J connectivity index is 1.46. The largest absolute Gasteiger partial charge is 0.352 e. The van der Waals surface area contributed by atoms with Crippen molar-refractivity contribution in [1.82, 2.24) is 10.2 Å². The molecular weight excluding hydrogens is 411 g/mol. The molecule has 0 aliphatic carbocycles. The molecule has 2 atom stereocenters. The van der Waals surface area contributed by atoms with Gasteiger partial charge in [-0.3, -0.25) is 9.59 Å². The van der Waals surface area contributed by atoms with E-state index in [2.05, 4.69) is 5.32 Å². The maximum Gasteiger partial charge on any atom is 0.228 e. The summed E-state index contributed by atoms with van der Waals surface area (Å²) in [5.74, 6) is -0.648. The number of likely N-dealkylation sites (tertiary alicyclic amines) is 1. The number of rotatable bonds is 6. The molecule has 1 aromatic heterocycles. The van der Waals surface area contributed by atoms with Gasteiger partial charge >= 0.3 is 0 Å². The van der Waals surface area contributed by atoms with Crippen molar-refractivity contribution in [3.8, 4) is 0 Å². The molecule has 4 nitrogen and oxygen atoms in total. The lowest BCUT2D eigenvalue weighted by Crippen LogP contribution is -2.47. The van der Waals surface area contributed by atoms with E-state index in [1.165, 1.54) is 12.1 Å². The first-order valence-electron chi connectivity index (χ1n) is 10.5. The smallest absolute Gasteiger partial charge is 0.228 e. The molecule has 0 unspecified atom stereocenters. The summed E-state index contributed by atoms with van der Waals surface area (Å²) in [7, 11) is 0. The first-order chi connectivity index (χ1) is 15.1. The van der Waals surface area contributed by atoms with E-state index < -0.39 is 0 Å². The van der Waals surface area contributed by atoms with Gasteiger partial charge < -0.3 is 10.2 Å². The number of hydrogen-bond acceptors (Lipinski definition) is 3. The maximum absolute atomic E-state index is 13.4. The molecule has 0 spiro atoms. The molecule has 31 heavy (non-hydrogen) atoms. The molecule has 1 N–H and O–H groups in total. The number of carbonyl (C=O) groups excluding carboxylic acids is 2. The Bertz CT molecular complexity index is 1020. The first-order valence-corrected chi connectivity index (χ1v) is 11.4. The highest BCUT2D eigenvalue weighted by molar-refractivity contribution is 7.10. The van der Waals surface area contributed by atoms with Gasteiger partial charge in [0.2, 0.25) is 11.8 Å². The topological polar surface area (TPSA) is 49.4 Å². The lowest BCUT2D eigenvalue weighted by atomic mass is 9.88. The van der Waals surface area contributed by atoms with E-state index in [1.807, 2.05) is 52.7 Å². The Hall–Kier alpha value is -2.99. The summed E-state index contributed by atoms with van der Waals surface area (Å²) in [4.78, 5) is 28.9. The van der Waals surface area contributed by atoms with Crippen LogP contribution in [-0.4, -0.2) is 23.3 Å². The number of thiophene rings is 1. The van der Waals surface area contributed by atoms with Crippen molar-refractivity contribution < 1.29 is 14.0 Å². The van der Waals surface area contributed by atoms with Gasteiger partial charge in [-0.2, -0.15) is 0 Å². The molecule has 1 aliphatic heterocycles. The molecule has 160 valence electrons. The van der Waals surface area contributed by atoms with Crippen molar-refractivity contribution >= 4 is 23.2 Å². The monoisotopic (exact) mass is 436 g/mol. The molecule has 2 amide bonds. The van der Waals surface area contributed by atoms with Crippen LogP contribution in [0.5, 0.6) is 0 Å². The van der Waals surface area contributed by atoms with Crippen molar-refractivity contribution in [2.75, 3.05) is 6.54 Å². The standard InChI is InChI=1S/C25H25FN2O2S/c26-21-9-4-6-18(14-21)16-27-25(30)20-11-12-23(19-7-2-1-3-8-19)28(17-20)24(29)15-22-10-5-13-31-22/h1-10,13-14,20,23H,11-12,15-17H2,(H,27,30)/t20-,23+/m1/s1. The minimum absolute atomic E-state index is 0.0269. The summed E-state index contributed by atoms with van der Waals surface area (Å²) < 4.78 is 13.4. The number of nitrogens with one attached hydrogen (secondary N) is 1. The van der Waals surface area contributed by atoms with Gasteiger partial charge in [0.25, 0.3) is 0 Å². The average Bonchev–Trinajstić information content (AvgIpc) is 3.31. The van der Waals surface area contributed by atoms with Crippen molar-refractivity contribution in [3.05, 3.63) is 93.9 Å². The molecule has 2 aromatic carbocycles. The predicted molar refractivity (Wildman–Crippen MR) is 120 cm³/mol. The third-order valence-electron chi connectivity index (χ3n) is 5.72. The average molecular weight is 437 g/mol. The summed E-state index contributed by atoms with van der Waals surface area (Å²) in [6.07, 6.45) is 1.79. The fourth-order valence-electron chi connectivity index (χ4n) is 4.13. The highest BCUT2D eigenvalue weighted by Crippen LogP contribution is 2.34. The Kier molecular flexibility index (Phi) is 6.77. The second-order valence-electron chi connectivity index (χ2n) is 7.85. The molecule has 1 aliphatic rings. The second-order valence-corrected chi connectivity index (χ2v) is 8.88. The van der Waals surface area contributed by atoms with Crippen LogP contribution >= 0.6 is 11.3 Å². The van der Waals surface area contributed by atoms with Gasteiger partial charge in [0.1, 0.15) is 5.82 Å². The van der Waals surface area contributed by atoms with Gasteiger partial charge in [-0.1, -0.05) is 48.5 Å². The van der Waals surface area contributed by atoms with Gasteiger partial charge in [-0.05, 0) is 47.5 Å². The number of piperidine rings is 1. The summed E-state index contributed by atoms with van der Waals surface area (Å²) in [5, 5.41) is 4.88. The summed E-state index contributed by atoms with van der Waals surface area (Å²) >= 11 is 1.57. The molecular formula is C25H25FN2O2S. The van der Waals surface area contributed by atoms with Gasteiger partial charge in [0.15, 0.2) is 0 Å². The molecule has 4 rings (SSSR count). The lowest BCUT2D eigenvalue weighted by Gasteiger charge is -2.39. The summed E-state index contributed by atoms with van der Waals surface area (Å²) in [6, 6.07) is 20.1. The van der Waals surface area contributed by atoms with Crippen LogP contribution in [0, 0.1) is 11.7 Å². The predicted octanol–water partition coefficient (Wildman–Crippen LogP) is 4.73. The zero-order valence-electron chi connectivity index (χ0n) is 17.2. The third kappa shape index (κ3) is 5.39. The van der Waals surface area contributed by atoms with Crippen LogP contribution < -0.4 is 5.32 Å². The van der Waals surface area contributed by atoms with Gasteiger partial charge in [-0.15, -0.1) is 11.3 Å². The number of nitrogens with zero attached hydrogens (tertiary/aromatic N) is 1. The van der Waals surface area contributed by atoms with Crippen LogP contribution in [-0.2, 0) is 22.6 Å². The lowest BCUT2D eigenvalue weighted by molar-refractivity contribution is -0.138. The Morgan fingerprint density at radius 3 is 2.61 bits per heavy atom. The Morgan fingerprint density at radius 1 is 1.03 bits per heavy atom. The Labute approximate surface area is 185 Å². The van der Waals surface area contributed by atoms with E-state index in [4.69, 9.17) is 0 Å². The van der Waals surface area contributed by atoms with Crippen LogP contribution in [0.3, 0.4) is 0 Å². The zero-order valence-corrected chi connectivity index (χ0v) is 18.0. The number of benzene rings is 2. The number of halogens is 1. The highest BCUT2D eigenvalue weighted by Gasteiger charge is 2.35. The number of amides is 2. The van der Waals surface area contributed by atoms with Crippen LogP contribution in [0.25, 0.3) is 0 Å². The SMILES string of the molecule is O=C(NCc1cccc(F)c1)[C@@H]1CC[C@@H](c2ccccc2)N(C(=O)Cc2cccs2)C1. The van der Waals surface area contributed by atoms with Gasteiger partial charge in [-0.25, -0.2) is 4.39 Å². The third-order valence-corrected chi connectivity index (χ3v) is 6.60.